The number of hydrogen-bond acceptors (Lipinski definition) is 3. The number of methoxy groups -OCH3 is 1. The van der Waals surface area contributed by atoms with Crippen molar-refractivity contribution in [3.63, 3.8) is 0 Å². The molecule has 0 fully saturated rings. The zero-order valence-corrected chi connectivity index (χ0v) is 11.3. The number of nitrogens with zero attached hydrogens (tertiary/aromatic N) is 1. The Balaban J connectivity index is 2.75. The van der Waals surface area contributed by atoms with E-state index in [-0.39, 0.29) is 11.5 Å². The molecule has 0 radical (unpaired) electrons. The molecule has 1 aromatic carbocycles. The van der Waals surface area contributed by atoms with Crippen LogP contribution < -0.4 is 10.1 Å². The molecule has 4 nitrogen and oxygen atoms in total. The average molecular weight is 258 g/mol. The lowest BCUT2D eigenvalue weighted by Crippen LogP contribution is -2.25. The number of amides is 1. The second kappa shape index (κ2) is 7.93. The molecular weight excluding hydrogens is 240 g/mol. The number of unbranched alkanes of at least 4 members (excludes halogenated alkanes) is 1. The van der Waals surface area contributed by atoms with Crippen LogP contribution >= 0.6 is 0 Å². The molecule has 0 bridgehead atoms. The van der Waals surface area contributed by atoms with Crippen molar-refractivity contribution >= 4 is 12.0 Å². The van der Waals surface area contributed by atoms with Crippen LogP contribution in [0, 0.1) is 11.3 Å². The van der Waals surface area contributed by atoms with Gasteiger partial charge >= 0.3 is 0 Å². The maximum atomic E-state index is 11.7. The summed E-state index contributed by atoms with van der Waals surface area (Å²) in [4.78, 5) is 11.7. The summed E-state index contributed by atoms with van der Waals surface area (Å²) in [6.07, 6.45) is 3.48. The Kier molecular flexibility index (Phi) is 6.17. The molecule has 0 aliphatic heterocycles. The lowest BCUT2D eigenvalue weighted by Gasteiger charge is -2.03. The van der Waals surface area contributed by atoms with E-state index in [9.17, 15) is 4.79 Å². The van der Waals surface area contributed by atoms with Gasteiger partial charge in [0.2, 0.25) is 0 Å². The minimum Gasteiger partial charge on any atom is -0.497 e. The number of nitrogens with one attached hydrogen (secondary N) is 1. The zero-order chi connectivity index (χ0) is 14.1. The van der Waals surface area contributed by atoms with Crippen molar-refractivity contribution in [2.75, 3.05) is 13.7 Å². The summed E-state index contributed by atoms with van der Waals surface area (Å²) in [6.45, 7) is 2.64. The summed E-state index contributed by atoms with van der Waals surface area (Å²) in [5.74, 6) is 0.412. The molecule has 0 aliphatic rings. The van der Waals surface area contributed by atoms with Gasteiger partial charge in [-0.05, 0) is 30.2 Å². The zero-order valence-electron chi connectivity index (χ0n) is 11.3. The molecule has 1 rings (SSSR count). The fraction of sp³-hybridized carbons (Fsp3) is 0.333. The first kappa shape index (κ1) is 14.8. The SMILES string of the molecule is CCCCNC(=O)/C(C#N)=C\c1ccc(OC)cc1. The molecule has 100 valence electrons. The number of ether oxygens (including phenoxy) is 1. The van der Waals surface area contributed by atoms with Crippen LogP contribution in [0.5, 0.6) is 5.75 Å². The summed E-state index contributed by atoms with van der Waals surface area (Å²) < 4.78 is 5.05. The number of nitriles is 1. The lowest BCUT2D eigenvalue weighted by molar-refractivity contribution is -0.117. The third-order valence-corrected chi connectivity index (χ3v) is 2.61. The number of benzene rings is 1. The van der Waals surface area contributed by atoms with E-state index in [4.69, 9.17) is 10.00 Å². The predicted octanol–water partition coefficient (Wildman–Crippen LogP) is 2.52. The van der Waals surface area contributed by atoms with E-state index >= 15 is 0 Å². The topological polar surface area (TPSA) is 62.1 Å². The smallest absolute Gasteiger partial charge is 0.261 e. The van der Waals surface area contributed by atoms with Gasteiger partial charge in [-0.25, -0.2) is 0 Å². The Bertz CT molecular complexity index is 484. The second-order valence-corrected chi connectivity index (χ2v) is 4.05. The van der Waals surface area contributed by atoms with Crippen molar-refractivity contribution < 1.29 is 9.53 Å². The number of rotatable bonds is 6. The molecule has 1 N–H and O–H groups in total. The van der Waals surface area contributed by atoms with Crippen molar-refractivity contribution in [2.24, 2.45) is 0 Å². The largest absolute Gasteiger partial charge is 0.497 e. The van der Waals surface area contributed by atoms with E-state index in [1.807, 2.05) is 13.0 Å². The van der Waals surface area contributed by atoms with Gasteiger partial charge < -0.3 is 10.1 Å². The van der Waals surface area contributed by atoms with Crippen LogP contribution in [-0.4, -0.2) is 19.6 Å². The summed E-state index contributed by atoms with van der Waals surface area (Å²) in [6, 6.07) is 9.10. The Labute approximate surface area is 113 Å². The quantitative estimate of drug-likeness (QED) is 0.484. The van der Waals surface area contributed by atoms with Crippen LogP contribution in [0.1, 0.15) is 25.3 Å². The van der Waals surface area contributed by atoms with Crippen molar-refractivity contribution in [1.29, 1.82) is 5.26 Å². The highest BCUT2D eigenvalue weighted by atomic mass is 16.5. The first-order chi connectivity index (χ1) is 9.21. The van der Waals surface area contributed by atoms with Crippen molar-refractivity contribution in [2.45, 2.75) is 19.8 Å². The van der Waals surface area contributed by atoms with Gasteiger partial charge in [0.25, 0.3) is 5.91 Å². The minimum absolute atomic E-state index is 0.112. The molecular formula is C15H18N2O2. The van der Waals surface area contributed by atoms with Crippen LogP contribution in [0.4, 0.5) is 0 Å². The van der Waals surface area contributed by atoms with Crippen LogP contribution in [0.15, 0.2) is 29.8 Å². The van der Waals surface area contributed by atoms with E-state index in [0.717, 1.165) is 24.2 Å². The van der Waals surface area contributed by atoms with Gasteiger partial charge in [-0.2, -0.15) is 5.26 Å². The third-order valence-electron chi connectivity index (χ3n) is 2.61. The van der Waals surface area contributed by atoms with Crippen LogP contribution in [0.3, 0.4) is 0 Å². The molecule has 0 unspecified atom stereocenters. The van der Waals surface area contributed by atoms with Crippen molar-refractivity contribution in [1.82, 2.24) is 5.32 Å². The van der Waals surface area contributed by atoms with Crippen LogP contribution in [0.25, 0.3) is 6.08 Å². The second-order valence-electron chi connectivity index (χ2n) is 4.05. The summed E-state index contributed by atoms with van der Waals surface area (Å²) in [7, 11) is 1.59. The van der Waals surface area contributed by atoms with E-state index in [1.54, 1.807) is 37.5 Å². The minimum atomic E-state index is -0.327. The van der Waals surface area contributed by atoms with Gasteiger partial charge in [-0.15, -0.1) is 0 Å². The van der Waals surface area contributed by atoms with E-state index in [2.05, 4.69) is 5.32 Å². The maximum Gasteiger partial charge on any atom is 0.261 e. The molecule has 0 aromatic heterocycles. The van der Waals surface area contributed by atoms with E-state index in [1.165, 1.54) is 0 Å². The Morgan fingerprint density at radius 2 is 2.11 bits per heavy atom. The molecule has 0 aliphatic carbocycles. The van der Waals surface area contributed by atoms with Crippen LogP contribution in [-0.2, 0) is 4.79 Å². The number of carbonyl (C=O) groups is 1. The van der Waals surface area contributed by atoms with Gasteiger partial charge in [0.1, 0.15) is 17.4 Å². The maximum absolute atomic E-state index is 11.7. The number of carbonyl (C=O) groups excluding carboxylic acids is 1. The molecule has 0 saturated carbocycles. The Hall–Kier alpha value is -2.28. The van der Waals surface area contributed by atoms with Crippen LogP contribution in [0.2, 0.25) is 0 Å². The first-order valence-corrected chi connectivity index (χ1v) is 6.25. The summed E-state index contributed by atoms with van der Waals surface area (Å²) >= 11 is 0. The molecule has 1 aromatic rings. The highest BCUT2D eigenvalue weighted by Gasteiger charge is 2.07. The normalized spacial score (nSPS) is 10.7. The molecule has 0 spiro atoms. The van der Waals surface area contributed by atoms with Gasteiger partial charge in [-0.1, -0.05) is 25.5 Å². The summed E-state index contributed by atoms with van der Waals surface area (Å²) in [5.41, 5.74) is 0.907. The summed E-state index contributed by atoms with van der Waals surface area (Å²) in [5, 5.41) is 11.7. The highest BCUT2D eigenvalue weighted by molar-refractivity contribution is 6.01. The fourth-order valence-electron chi connectivity index (χ4n) is 1.49. The Morgan fingerprint density at radius 3 is 2.63 bits per heavy atom. The molecule has 0 heterocycles. The molecule has 0 atom stereocenters. The van der Waals surface area contributed by atoms with E-state index in [0.29, 0.717) is 6.54 Å². The molecule has 4 heteroatoms. The fourth-order valence-corrected chi connectivity index (χ4v) is 1.49. The van der Waals surface area contributed by atoms with Gasteiger partial charge in [0, 0.05) is 6.54 Å². The first-order valence-electron chi connectivity index (χ1n) is 6.25. The van der Waals surface area contributed by atoms with Crippen molar-refractivity contribution in [3.8, 4) is 11.8 Å². The Morgan fingerprint density at radius 1 is 1.42 bits per heavy atom. The predicted molar refractivity (Wildman–Crippen MR) is 74.5 cm³/mol. The van der Waals surface area contributed by atoms with Gasteiger partial charge in [0.05, 0.1) is 7.11 Å². The molecule has 0 saturated heterocycles. The van der Waals surface area contributed by atoms with Crippen molar-refractivity contribution in [3.05, 3.63) is 35.4 Å². The molecule has 1 amide bonds. The lowest BCUT2D eigenvalue weighted by atomic mass is 10.1. The van der Waals surface area contributed by atoms with E-state index < -0.39 is 0 Å². The standard InChI is InChI=1S/C15H18N2O2/c1-3-4-9-17-15(18)13(11-16)10-12-5-7-14(19-2)8-6-12/h5-8,10H,3-4,9H2,1-2H3,(H,17,18)/b13-10-. The monoisotopic (exact) mass is 258 g/mol. The van der Waals surface area contributed by atoms with Gasteiger partial charge in [0.15, 0.2) is 0 Å². The van der Waals surface area contributed by atoms with Gasteiger partial charge in [-0.3, -0.25) is 4.79 Å². The molecule has 19 heavy (non-hydrogen) atoms. The average Bonchev–Trinajstić information content (AvgIpc) is 2.45. The highest BCUT2D eigenvalue weighted by Crippen LogP contribution is 2.13. The number of hydrogen-bond donors (Lipinski definition) is 1. The third kappa shape index (κ3) is 4.84.